The summed E-state index contributed by atoms with van der Waals surface area (Å²) in [6, 6.07) is 16.9. The normalized spacial score (nSPS) is 25.0. The molecule has 33 heavy (non-hydrogen) atoms. The number of hydrogen-bond acceptors (Lipinski definition) is 5. The fourth-order valence-electron chi connectivity index (χ4n) is 5.34. The average Bonchev–Trinajstić information content (AvgIpc) is 3.60. The van der Waals surface area contributed by atoms with Gasteiger partial charge < -0.3 is 5.32 Å². The summed E-state index contributed by atoms with van der Waals surface area (Å²) in [5.74, 6) is -0.387. The molecular formula is C26H21N3O3S. The van der Waals surface area contributed by atoms with Crippen molar-refractivity contribution in [1.82, 2.24) is 4.98 Å². The Morgan fingerprint density at radius 1 is 0.970 bits per heavy atom. The van der Waals surface area contributed by atoms with Crippen LogP contribution in [0.4, 0.5) is 10.8 Å². The molecular weight excluding hydrogens is 434 g/mol. The van der Waals surface area contributed by atoms with Crippen LogP contribution in [0.3, 0.4) is 0 Å². The van der Waals surface area contributed by atoms with Gasteiger partial charge in [-0.25, -0.2) is 4.98 Å². The minimum absolute atomic E-state index is 0.0923. The molecule has 0 spiro atoms. The van der Waals surface area contributed by atoms with Crippen LogP contribution in [0.25, 0.3) is 11.3 Å². The minimum Gasteiger partial charge on any atom is -0.302 e. The summed E-state index contributed by atoms with van der Waals surface area (Å²) in [5, 5.41) is 5.32. The quantitative estimate of drug-likeness (QED) is 0.460. The van der Waals surface area contributed by atoms with Crippen LogP contribution in [0.15, 0.2) is 72.1 Å². The van der Waals surface area contributed by atoms with Crippen LogP contribution in [0, 0.1) is 23.7 Å². The first-order chi connectivity index (χ1) is 16.1. The van der Waals surface area contributed by atoms with Crippen LogP contribution < -0.4 is 10.2 Å². The van der Waals surface area contributed by atoms with Crippen LogP contribution in [-0.2, 0) is 20.8 Å². The van der Waals surface area contributed by atoms with Gasteiger partial charge in [0.1, 0.15) is 0 Å². The zero-order chi connectivity index (χ0) is 22.5. The molecule has 2 aromatic carbocycles. The Kier molecular flexibility index (Phi) is 4.73. The molecule has 7 heteroatoms. The number of rotatable bonds is 5. The Hall–Kier alpha value is -3.58. The van der Waals surface area contributed by atoms with E-state index in [1.165, 1.54) is 16.2 Å². The summed E-state index contributed by atoms with van der Waals surface area (Å²) in [7, 11) is 0. The number of anilines is 2. The van der Waals surface area contributed by atoms with Gasteiger partial charge in [0.25, 0.3) is 0 Å². The van der Waals surface area contributed by atoms with Crippen LogP contribution in [-0.4, -0.2) is 22.7 Å². The number of fused-ring (bicyclic) bond motifs is 5. The zero-order valence-corrected chi connectivity index (χ0v) is 18.5. The highest BCUT2D eigenvalue weighted by Crippen LogP contribution is 2.53. The van der Waals surface area contributed by atoms with Gasteiger partial charge in [0, 0.05) is 10.9 Å². The Morgan fingerprint density at radius 2 is 1.64 bits per heavy atom. The van der Waals surface area contributed by atoms with E-state index in [0.29, 0.717) is 10.8 Å². The van der Waals surface area contributed by atoms with Crippen LogP contribution in [0.2, 0.25) is 0 Å². The van der Waals surface area contributed by atoms with E-state index in [9.17, 15) is 14.4 Å². The van der Waals surface area contributed by atoms with Crippen molar-refractivity contribution >= 4 is 39.9 Å². The van der Waals surface area contributed by atoms with Crippen molar-refractivity contribution in [2.75, 3.05) is 10.2 Å². The molecule has 4 atom stereocenters. The third-order valence-corrected chi connectivity index (χ3v) is 7.61. The number of thiazole rings is 1. The molecule has 3 amide bonds. The first kappa shape index (κ1) is 20.1. The van der Waals surface area contributed by atoms with Crippen molar-refractivity contribution in [2.45, 2.75) is 12.8 Å². The van der Waals surface area contributed by atoms with Gasteiger partial charge in [-0.15, -0.1) is 11.3 Å². The van der Waals surface area contributed by atoms with Crippen molar-refractivity contribution in [2.24, 2.45) is 23.7 Å². The van der Waals surface area contributed by atoms with E-state index in [-0.39, 0.29) is 47.8 Å². The summed E-state index contributed by atoms with van der Waals surface area (Å²) < 4.78 is 0. The van der Waals surface area contributed by atoms with Gasteiger partial charge in [-0.2, -0.15) is 0 Å². The van der Waals surface area contributed by atoms with Gasteiger partial charge in [-0.1, -0.05) is 54.6 Å². The molecule has 0 radical (unpaired) electrons. The maximum Gasteiger partial charge on any atom is 0.238 e. The molecule has 3 aliphatic rings. The summed E-state index contributed by atoms with van der Waals surface area (Å²) >= 11 is 1.39. The number of allylic oxidation sites excluding steroid dienone is 2. The summed E-state index contributed by atoms with van der Waals surface area (Å²) in [6.45, 7) is 0. The lowest BCUT2D eigenvalue weighted by atomic mass is 9.85. The number of amides is 3. The van der Waals surface area contributed by atoms with Crippen LogP contribution in [0.1, 0.15) is 12.0 Å². The molecule has 1 N–H and O–H groups in total. The van der Waals surface area contributed by atoms with E-state index in [0.717, 1.165) is 23.2 Å². The number of hydrogen-bond donors (Lipinski definition) is 1. The lowest BCUT2D eigenvalue weighted by Crippen LogP contribution is -2.32. The number of carbonyl (C=O) groups is 3. The third kappa shape index (κ3) is 3.40. The topological polar surface area (TPSA) is 79.4 Å². The van der Waals surface area contributed by atoms with Crippen molar-refractivity contribution in [3.8, 4) is 11.3 Å². The van der Waals surface area contributed by atoms with E-state index in [4.69, 9.17) is 0 Å². The van der Waals surface area contributed by atoms with Gasteiger partial charge in [0.05, 0.1) is 29.6 Å². The van der Waals surface area contributed by atoms with Crippen LogP contribution >= 0.6 is 11.3 Å². The molecule has 3 aromatic rings. The fraction of sp³-hybridized carbons (Fsp3) is 0.231. The highest BCUT2D eigenvalue weighted by atomic mass is 32.1. The Morgan fingerprint density at radius 3 is 2.30 bits per heavy atom. The second kappa shape index (κ2) is 7.78. The second-order valence-corrected chi connectivity index (χ2v) is 9.67. The first-order valence-corrected chi connectivity index (χ1v) is 11.9. The maximum atomic E-state index is 13.0. The standard InChI is InChI=1S/C26H21N3O3S/c30-21(28-26-27-20(14-33-26)16-4-2-1-3-5-16)12-15-6-10-19(11-7-15)29-24(31)22-17-8-9-18(13-17)23(22)25(29)32/h1-11,14,17-18,22-23H,12-13H2,(H,27,28,30). The predicted octanol–water partition coefficient (Wildman–Crippen LogP) is 4.30. The SMILES string of the molecule is O=C(Cc1ccc(N2C(=O)C3C4C=CC(C4)C3C2=O)cc1)Nc1nc(-c2ccccc2)cs1. The molecule has 2 heterocycles. The number of nitrogens with zero attached hydrogens (tertiary/aromatic N) is 2. The summed E-state index contributed by atoms with van der Waals surface area (Å²) in [5.41, 5.74) is 3.21. The number of benzene rings is 2. The summed E-state index contributed by atoms with van der Waals surface area (Å²) in [6.07, 6.45) is 5.28. The Labute approximate surface area is 195 Å². The van der Waals surface area contributed by atoms with E-state index in [1.807, 2.05) is 35.7 Å². The average molecular weight is 456 g/mol. The highest BCUT2D eigenvalue weighted by molar-refractivity contribution is 7.14. The smallest absolute Gasteiger partial charge is 0.238 e. The van der Waals surface area contributed by atoms with Crippen molar-refractivity contribution in [1.29, 1.82) is 0 Å². The molecule has 4 unspecified atom stereocenters. The van der Waals surface area contributed by atoms with E-state index < -0.39 is 0 Å². The predicted molar refractivity (Wildman–Crippen MR) is 127 cm³/mol. The van der Waals surface area contributed by atoms with Gasteiger partial charge in [0.15, 0.2) is 5.13 Å². The van der Waals surface area contributed by atoms with E-state index >= 15 is 0 Å². The number of aromatic nitrogens is 1. The van der Waals surface area contributed by atoms with Gasteiger partial charge in [-0.05, 0) is 36.0 Å². The van der Waals surface area contributed by atoms with Crippen molar-refractivity contribution < 1.29 is 14.4 Å². The molecule has 164 valence electrons. The third-order valence-electron chi connectivity index (χ3n) is 6.85. The van der Waals surface area contributed by atoms with Gasteiger partial charge in [0.2, 0.25) is 17.7 Å². The molecule has 2 aliphatic carbocycles. The molecule has 1 saturated carbocycles. The van der Waals surface area contributed by atoms with Gasteiger partial charge in [-0.3, -0.25) is 19.3 Å². The molecule has 1 aliphatic heterocycles. The number of carbonyl (C=O) groups excluding carboxylic acids is 3. The lowest BCUT2D eigenvalue weighted by Gasteiger charge is -2.17. The van der Waals surface area contributed by atoms with E-state index in [2.05, 4.69) is 22.5 Å². The first-order valence-electron chi connectivity index (χ1n) is 11.0. The largest absolute Gasteiger partial charge is 0.302 e. The number of nitrogens with one attached hydrogen (secondary N) is 1. The van der Waals surface area contributed by atoms with Crippen LogP contribution in [0.5, 0.6) is 0 Å². The molecule has 6 nitrogen and oxygen atoms in total. The zero-order valence-electron chi connectivity index (χ0n) is 17.7. The molecule has 1 saturated heterocycles. The molecule has 1 aromatic heterocycles. The van der Waals surface area contributed by atoms with Crippen molar-refractivity contribution in [3.63, 3.8) is 0 Å². The monoisotopic (exact) mass is 455 g/mol. The Bertz CT molecular complexity index is 1250. The maximum absolute atomic E-state index is 13.0. The summed E-state index contributed by atoms with van der Waals surface area (Å²) in [4.78, 5) is 44.3. The van der Waals surface area contributed by atoms with Crippen molar-refractivity contribution in [3.05, 3.63) is 77.7 Å². The van der Waals surface area contributed by atoms with E-state index in [1.54, 1.807) is 24.3 Å². The van der Waals surface area contributed by atoms with Gasteiger partial charge >= 0.3 is 0 Å². The highest BCUT2D eigenvalue weighted by Gasteiger charge is 2.59. The molecule has 2 fully saturated rings. The number of imide groups is 1. The Balaban J connectivity index is 1.11. The second-order valence-electron chi connectivity index (χ2n) is 8.81. The lowest BCUT2D eigenvalue weighted by molar-refractivity contribution is -0.123. The molecule has 6 rings (SSSR count). The molecule has 2 bridgehead atoms. The minimum atomic E-state index is -0.211. The fourth-order valence-corrected chi connectivity index (χ4v) is 6.08.